The first-order valence-electron chi connectivity index (χ1n) is 11.3. The summed E-state index contributed by atoms with van der Waals surface area (Å²) in [5.41, 5.74) is 4.90. The zero-order valence-electron chi connectivity index (χ0n) is 19.3. The zero-order chi connectivity index (χ0) is 23.1. The Kier molecular flexibility index (Phi) is 6.08. The molecular formula is C30H22N4Pt. The van der Waals surface area contributed by atoms with Crippen molar-refractivity contribution in [3.63, 3.8) is 0 Å². The second-order valence-corrected chi connectivity index (χ2v) is 8.90. The summed E-state index contributed by atoms with van der Waals surface area (Å²) in [6.45, 7) is 4.30. The van der Waals surface area contributed by atoms with E-state index in [0.29, 0.717) is 0 Å². The van der Waals surface area contributed by atoms with Crippen molar-refractivity contribution < 1.29 is 21.1 Å². The molecule has 0 aliphatic rings. The van der Waals surface area contributed by atoms with Crippen LogP contribution in [0.5, 0.6) is 0 Å². The Morgan fingerprint density at radius 1 is 0.743 bits per heavy atom. The molecule has 5 heteroatoms. The molecule has 3 heterocycles. The summed E-state index contributed by atoms with van der Waals surface area (Å²) >= 11 is 0. The predicted molar refractivity (Wildman–Crippen MR) is 136 cm³/mol. The summed E-state index contributed by atoms with van der Waals surface area (Å²) < 4.78 is 1.90. The molecule has 0 radical (unpaired) electrons. The first kappa shape index (κ1) is 23.1. The Hall–Kier alpha value is -3.62. The minimum atomic E-state index is -0.400. The number of hydrogen-bond donors (Lipinski definition) is 0. The Bertz CT molecular complexity index is 1650. The van der Waals surface area contributed by atoms with Crippen LogP contribution in [-0.2, 0) is 26.5 Å². The van der Waals surface area contributed by atoms with Gasteiger partial charge in [-0.1, -0.05) is 47.9 Å². The molecular weight excluding hydrogens is 611 g/mol. The number of fused-ring (bicyclic) bond motifs is 2. The fourth-order valence-electron chi connectivity index (χ4n) is 4.30. The monoisotopic (exact) mass is 633 g/mol. The minimum Gasteiger partial charge on any atom is -0.314 e. The average Bonchev–Trinajstić information content (AvgIpc) is 3.39. The molecule has 0 spiro atoms. The van der Waals surface area contributed by atoms with Crippen molar-refractivity contribution >= 4 is 21.7 Å². The number of rotatable bonds is 4. The van der Waals surface area contributed by atoms with Crippen molar-refractivity contribution in [2.24, 2.45) is 0 Å². The number of nitrogens with zero attached hydrogens (tertiary/aromatic N) is 4. The van der Waals surface area contributed by atoms with E-state index in [1.165, 1.54) is 5.39 Å². The molecule has 3 aromatic heterocycles. The Balaban J connectivity index is 0.00000253. The van der Waals surface area contributed by atoms with Gasteiger partial charge in [0.15, 0.2) is 0 Å². The van der Waals surface area contributed by atoms with Gasteiger partial charge in [0.25, 0.3) is 0 Å². The molecule has 4 nitrogen and oxygen atoms in total. The molecule has 0 atom stereocenters. The van der Waals surface area contributed by atoms with Crippen molar-refractivity contribution in [3.8, 4) is 17.1 Å². The van der Waals surface area contributed by atoms with Gasteiger partial charge in [0.2, 0.25) is 0 Å². The second-order valence-electron chi connectivity index (χ2n) is 8.90. The van der Waals surface area contributed by atoms with Crippen LogP contribution in [0.4, 0.5) is 0 Å². The topological polar surface area (TPSA) is 43.6 Å². The number of aromatic nitrogens is 4. The van der Waals surface area contributed by atoms with Crippen LogP contribution in [0.15, 0.2) is 97.2 Å². The number of hydrogen-bond acceptors (Lipinski definition) is 3. The molecule has 3 aromatic carbocycles. The quantitative estimate of drug-likeness (QED) is 0.207. The van der Waals surface area contributed by atoms with Crippen LogP contribution in [0.25, 0.3) is 38.8 Å². The van der Waals surface area contributed by atoms with Crippen LogP contribution >= 0.6 is 0 Å². The summed E-state index contributed by atoms with van der Waals surface area (Å²) in [7, 11) is 0. The number of benzene rings is 3. The average molecular weight is 634 g/mol. The van der Waals surface area contributed by atoms with Gasteiger partial charge in [0.05, 0.1) is 5.69 Å². The van der Waals surface area contributed by atoms with Gasteiger partial charge >= 0.3 is 21.1 Å². The van der Waals surface area contributed by atoms with Crippen molar-refractivity contribution in [1.29, 1.82) is 0 Å². The normalized spacial score (nSPS) is 11.5. The summed E-state index contributed by atoms with van der Waals surface area (Å²) in [4.78, 5) is 9.75. The third kappa shape index (κ3) is 4.19. The molecule has 0 saturated heterocycles. The first-order chi connectivity index (χ1) is 16.6. The van der Waals surface area contributed by atoms with Crippen LogP contribution in [0.2, 0.25) is 0 Å². The van der Waals surface area contributed by atoms with Crippen molar-refractivity contribution in [3.05, 3.63) is 121 Å². The van der Waals surface area contributed by atoms with Crippen LogP contribution in [0.1, 0.15) is 25.2 Å². The molecule has 0 saturated carbocycles. The van der Waals surface area contributed by atoms with Gasteiger partial charge in [-0.15, -0.1) is 22.9 Å². The molecule has 0 aliphatic carbocycles. The van der Waals surface area contributed by atoms with Gasteiger partial charge in [0, 0.05) is 22.8 Å². The molecule has 0 unspecified atom stereocenters. The van der Waals surface area contributed by atoms with Gasteiger partial charge in [-0.05, 0) is 49.1 Å². The zero-order valence-corrected chi connectivity index (χ0v) is 21.6. The number of para-hydroxylation sites is 1. The second kappa shape index (κ2) is 9.20. The molecule has 0 aliphatic heterocycles. The third-order valence-corrected chi connectivity index (χ3v) is 6.32. The van der Waals surface area contributed by atoms with Crippen LogP contribution in [-0.4, -0.2) is 19.7 Å². The van der Waals surface area contributed by atoms with Crippen LogP contribution < -0.4 is 0 Å². The first-order valence-corrected chi connectivity index (χ1v) is 11.3. The van der Waals surface area contributed by atoms with Crippen molar-refractivity contribution in [2.75, 3.05) is 0 Å². The smallest absolute Gasteiger partial charge is 0.314 e. The fourth-order valence-corrected chi connectivity index (χ4v) is 4.30. The largest absolute Gasteiger partial charge is 2.00 e. The van der Waals surface area contributed by atoms with E-state index in [-0.39, 0.29) is 21.1 Å². The number of pyridine rings is 2. The maximum atomic E-state index is 4.98. The molecule has 6 aromatic rings. The van der Waals surface area contributed by atoms with Gasteiger partial charge < -0.3 is 4.98 Å². The Labute approximate surface area is 218 Å². The summed E-state index contributed by atoms with van der Waals surface area (Å²) in [5.74, 6) is 0. The molecule has 35 heavy (non-hydrogen) atoms. The Morgan fingerprint density at radius 2 is 1.54 bits per heavy atom. The summed E-state index contributed by atoms with van der Waals surface area (Å²) in [6, 6.07) is 37.1. The van der Waals surface area contributed by atoms with E-state index < -0.39 is 5.41 Å². The maximum absolute atomic E-state index is 4.98. The van der Waals surface area contributed by atoms with Gasteiger partial charge in [0.1, 0.15) is 0 Å². The molecule has 0 fully saturated rings. The van der Waals surface area contributed by atoms with Gasteiger partial charge in [-0.2, -0.15) is 35.4 Å². The van der Waals surface area contributed by atoms with Crippen LogP contribution in [0.3, 0.4) is 0 Å². The van der Waals surface area contributed by atoms with E-state index in [2.05, 4.69) is 50.2 Å². The summed E-state index contributed by atoms with van der Waals surface area (Å²) in [5, 5.41) is 8.30. The third-order valence-electron chi connectivity index (χ3n) is 6.32. The van der Waals surface area contributed by atoms with Gasteiger partial charge in [-0.25, -0.2) is 0 Å². The molecule has 0 N–H and O–H groups in total. The van der Waals surface area contributed by atoms with E-state index in [1.54, 1.807) is 0 Å². The molecule has 172 valence electrons. The molecule has 0 bridgehead atoms. The van der Waals surface area contributed by atoms with E-state index in [9.17, 15) is 0 Å². The van der Waals surface area contributed by atoms with Crippen molar-refractivity contribution in [1.82, 2.24) is 19.7 Å². The molecule has 6 rings (SSSR count). The predicted octanol–water partition coefficient (Wildman–Crippen LogP) is 6.56. The van der Waals surface area contributed by atoms with E-state index in [4.69, 9.17) is 15.1 Å². The Morgan fingerprint density at radius 3 is 2.43 bits per heavy atom. The van der Waals surface area contributed by atoms with E-state index in [0.717, 1.165) is 44.8 Å². The van der Waals surface area contributed by atoms with Crippen molar-refractivity contribution in [2.45, 2.75) is 19.3 Å². The molecule has 0 amide bonds. The van der Waals surface area contributed by atoms with Crippen LogP contribution in [0, 0.1) is 12.1 Å². The standard InChI is InChI=1S/C30H22N4.Pt/c1-30(2,29-19-20-34(33-29)27-15-7-11-21-9-3-5-12-23(21)27)28-16-8-14-25(32-28)26-18-17-22-10-4-6-13-24(22)31-26;/h3-14,16-17,19-20H,1-2H3;/q-2;+2. The fraction of sp³-hybridized carbons (Fsp3) is 0.100. The maximum Gasteiger partial charge on any atom is 2.00 e. The SMILES string of the molecule is CC(C)(c1cccc(-c2[c-]cc3ccccc3n2)n1)c1ccn(-c2[c-]ccc3ccccc23)n1.[Pt+2]. The van der Waals surface area contributed by atoms with E-state index in [1.807, 2.05) is 77.6 Å². The summed E-state index contributed by atoms with van der Waals surface area (Å²) in [6.07, 6.45) is 2.00. The minimum absolute atomic E-state index is 0. The van der Waals surface area contributed by atoms with E-state index >= 15 is 0 Å². The van der Waals surface area contributed by atoms with Gasteiger partial charge in [-0.3, -0.25) is 9.67 Å².